The van der Waals surface area contributed by atoms with E-state index in [0.717, 1.165) is 24.3 Å². The molecule has 2 aliphatic heterocycles. The number of amides is 2. The van der Waals surface area contributed by atoms with Crippen molar-refractivity contribution in [1.82, 2.24) is 10.2 Å². The van der Waals surface area contributed by atoms with Crippen molar-refractivity contribution < 1.29 is 9.59 Å². The van der Waals surface area contributed by atoms with Gasteiger partial charge >= 0.3 is 0 Å². The fourth-order valence-electron chi connectivity index (χ4n) is 2.26. The topological polar surface area (TPSA) is 61.4 Å². The first-order chi connectivity index (χ1) is 8.65. The summed E-state index contributed by atoms with van der Waals surface area (Å²) in [7, 11) is 1.82. The third kappa shape index (κ3) is 1.76. The van der Waals surface area contributed by atoms with Gasteiger partial charge in [-0.3, -0.25) is 9.59 Å². The average molecular weight is 245 g/mol. The molecular formula is C13H15N3O2. The van der Waals surface area contributed by atoms with Gasteiger partial charge in [-0.2, -0.15) is 0 Å². The van der Waals surface area contributed by atoms with Crippen LogP contribution in [0.2, 0.25) is 0 Å². The number of anilines is 1. The van der Waals surface area contributed by atoms with Gasteiger partial charge in [-0.05, 0) is 17.7 Å². The maximum Gasteiger partial charge on any atom is 0.254 e. The first-order valence-electron chi connectivity index (χ1n) is 6.06. The molecule has 1 aromatic rings. The zero-order chi connectivity index (χ0) is 12.7. The molecule has 0 saturated carbocycles. The van der Waals surface area contributed by atoms with Crippen LogP contribution in [-0.2, 0) is 11.2 Å². The van der Waals surface area contributed by atoms with Gasteiger partial charge in [-0.15, -0.1) is 0 Å². The van der Waals surface area contributed by atoms with Crippen LogP contribution in [0, 0.1) is 0 Å². The Labute approximate surface area is 105 Å². The number of rotatable bonds is 2. The van der Waals surface area contributed by atoms with E-state index >= 15 is 0 Å². The lowest BCUT2D eigenvalue weighted by atomic mass is 10.1. The van der Waals surface area contributed by atoms with Crippen LogP contribution < -0.4 is 10.6 Å². The predicted molar refractivity (Wildman–Crippen MR) is 67.5 cm³/mol. The first-order valence-corrected chi connectivity index (χ1v) is 6.06. The molecule has 0 bridgehead atoms. The standard InChI is InChI=1S/C13H15N3O2/c1-16(10-6-14-7-10)13(18)9-3-2-8-5-12(17)15-11(8)4-9/h2-4,10,14H,5-7H2,1H3,(H,15,17). The van der Waals surface area contributed by atoms with E-state index in [1.807, 2.05) is 13.1 Å². The molecule has 2 heterocycles. The fraction of sp³-hybridized carbons (Fsp3) is 0.385. The second-order valence-electron chi connectivity index (χ2n) is 4.83. The van der Waals surface area contributed by atoms with Crippen molar-refractivity contribution in [2.75, 3.05) is 25.5 Å². The number of nitrogens with one attached hydrogen (secondary N) is 2. The number of hydrogen-bond acceptors (Lipinski definition) is 3. The number of hydrogen-bond donors (Lipinski definition) is 2. The number of nitrogens with zero attached hydrogens (tertiary/aromatic N) is 1. The maximum absolute atomic E-state index is 12.2. The van der Waals surface area contributed by atoms with Gasteiger partial charge in [0.15, 0.2) is 0 Å². The zero-order valence-electron chi connectivity index (χ0n) is 10.2. The quantitative estimate of drug-likeness (QED) is 0.784. The summed E-state index contributed by atoms with van der Waals surface area (Å²) in [5, 5.41) is 5.91. The van der Waals surface area contributed by atoms with Crippen LogP contribution in [0.15, 0.2) is 18.2 Å². The molecule has 1 saturated heterocycles. The number of carbonyl (C=O) groups is 2. The summed E-state index contributed by atoms with van der Waals surface area (Å²) in [5.74, 6) is -0.00315. The Morgan fingerprint density at radius 2 is 2.17 bits per heavy atom. The first kappa shape index (κ1) is 11.2. The molecule has 0 aromatic heterocycles. The fourth-order valence-corrected chi connectivity index (χ4v) is 2.26. The van der Waals surface area contributed by atoms with Crippen LogP contribution in [0.3, 0.4) is 0 Å². The van der Waals surface area contributed by atoms with Gasteiger partial charge < -0.3 is 15.5 Å². The normalized spacial score (nSPS) is 17.9. The highest BCUT2D eigenvalue weighted by Crippen LogP contribution is 2.24. The van der Waals surface area contributed by atoms with Crippen molar-refractivity contribution in [3.05, 3.63) is 29.3 Å². The molecule has 0 unspecified atom stereocenters. The number of fused-ring (bicyclic) bond motifs is 1. The lowest BCUT2D eigenvalue weighted by Crippen LogP contribution is -2.57. The molecular weight excluding hydrogens is 230 g/mol. The molecule has 2 amide bonds. The molecule has 5 nitrogen and oxygen atoms in total. The summed E-state index contributed by atoms with van der Waals surface area (Å²) in [5.41, 5.74) is 2.36. The van der Waals surface area contributed by atoms with Gasteiger partial charge in [0.05, 0.1) is 12.5 Å². The van der Waals surface area contributed by atoms with Crippen LogP contribution in [0.25, 0.3) is 0 Å². The van der Waals surface area contributed by atoms with E-state index in [1.54, 1.807) is 17.0 Å². The molecule has 18 heavy (non-hydrogen) atoms. The molecule has 0 aliphatic carbocycles. The second kappa shape index (κ2) is 4.10. The van der Waals surface area contributed by atoms with Gasteiger partial charge in [0, 0.05) is 31.4 Å². The number of carbonyl (C=O) groups excluding carboxylic acids is 2. The van der Waals surface area contributed by atoms with Crippen molar-refractivity contribution in [2.24, 2.45) is 0 Å². The Balaban J connectivity index is 1.82. The largest absolute Gasteiger partial charge is 0.336 e. The lowest BCUT2D eigenvalue weighted by Gasteiger charge is -2.35. The van der Waals surface area contributed by atoms with Crippen molar-refractivity contribution in [3.63, 3.8) is 0 Å². The summed E-state index contributed by atoms with van der Waals surface area (Å²) in [6.45, 7) is 1.70. The molecule has 94 valence electrons. The van der Waals surface area contributed by atoms with Crippen LogP contribution in [0.5, 0.6) is 0 Å². The summed E-state index contributed by atoms with van der Waals surface area (Å²) in [6, 6.07) is 5.70. The van der Waals surface area contributed by atoms with Gasteiger partial charge in [0.2, 0.25) is 5.91 Å². The van der Waals surface area contributed by atoms with Gasteiger partial charge in [0.25, 0.3) is 5.91 Å². The van der Waals surface area contributed by atoms with Crippen LogP contribution in [-0.4, -0.2) is 42.9 Å². The van der Waals surface area contributed by atoms with Crippen molar-refractivity contribution >= 4 is 17.5 Å². The molecule has 2 aliphatic rings. The summed E-state index contributed by atoms with van der Waals surface area (Å²) >= 11 is 0. The maximum atomic E-state index is 12.2. The van der Waals surface area contributed by atoms with E-state index in [1.165, 1.54) is 0 Å². The van der Waals surface area contributed by atoms with Gasteiger partial charge in [-0.25, -0.2) is 0 Å². The molecule has 0 atom stereocenters. The van der Waals surface area contributed by atoms with Gasteiger partial charge in [0.1, 0.15) is 0 Å². The highest BCUT2D eigenvalue weighted by Gasteiger charge is 2.27. The van der Waals surface area contributed by atoms with Crippen LogP contribution >= 0.6 is 0 Å². The van der Waals surface area contributed by atoms with Crippen LogP contribution in [0.4, 0.5) is 5.69 Å². The molecule has 0 spiro atoms. The lowest BCUT2D eigenvalue weighted by molar-refractivity contribution is -0.115. The van der Waals surface area contributed by atoms with E-state index in [2.05, 4.69) is 10.6 Å². The minimum atomic E-state index is -0.00820. The summed E-state index contributed by atoms with van der Waals surface area (Å²) < 4.78 is 0. The van der Waals surface area contributed by atoms with E-state index in [4.69, 9.17) is 0 Å². The highest BCUT2D eigenvalue weighted by molar-refractivity contribution is 6.02. The van der Waals surface area contributed by atoms with Crippen molar-refractivity contribution in [1.29, 1.82) is 0 Å². The van der Waals surface area contributed by atoms with E-state index in [0.29, 0.717) is 12.0 Å². The molecule has 1 fully saturated rings. The van der Waals surface area contributed by atoms with E-state index < -0.39 is 0 Å². The SMILES string of the molecule is CN(C(=O)c1ccc2c(c1)NC(=O)C2)C1CNC1. The smallest absolute Gasteiger partial charge is 0.254 e. The minimum Gasteiger partial charge on any atom is -0.336 e. The molecule has 3 rings (SSSR count). The Hall–Kier alpha value is -1.88. The zero-order valence-corrected chi connectivity index (χ0v) is 10.2. The summed E-state index contributed by atoms with van der Waals surface area (Å²) in [6.07, 6.45) is 0.409. The minimum absolute atomic E-state index is 0.00505. The van der Waals surface area contributed by atoms with Crippen LogP contribution in [0.1, 0.15) is 15.9 Å². The monoisotopic (exact) mass is 245 g/mol. The Kier molecular flexibility index (Phi) is 2.56. The molecule has 0 radical (unpaired) electrons. The second-order valence-corrected chi connectivity index (χ2v) is 4.83. The van der Waals surface area contributed by atoms with E-state index in [-0.39, 0.29) is 17.9 Å². The molecule has 1 aromatic carbocycles. The Morgan fingerprint density at radius 3 is 2.83 bits per heavy atom. The van der Waals surface area contributed by atoms with E-state index in [9.17, 15) is 9.59 Å². The number of likely N-dealkylation sites (N-methyl/N-ethyl adjacent to an activating group) is 1. The summed E-state index contributed by atoms with van der Waals surface area (Å²) in [4.78, 5) is 25.3. The predicted octanol–water partition coefficient (Wildman–Crippen LogP) is 0.225. The average Bonchev–Trinajstić information content (AvgIpc) is 2.64. The molecule has 2 N–H and O–H groups in total. The molecule has 5 heteroatoms. The highest BCUT2D eigenvalue weighted by atomic mass is 16.2. The Morgan fingerprint density at radius 1 is 1.39 bits per heavy atom. The Bertz CT molecular complexity index is 523. The van der Waals surface area contributed by atoms with Crippen molar-refractivity contribution in [2.45, 2.75) is 12.5 Å². The number of benzene rings is 1. The third-order valence-corrected chi connectivity index (χ3v) is 3.61. The van der Waals surface area contributed by atoms with Crippen molar-refractivity contribution in [3.8, 4) is 0 Å². The third-order valence-electron chi connectivity index (χ3n) is 3.61. The van der Waals surface area contributed by atoms with Gasteiger partial charge in [-0.1, -0.05) is 6.07 Å².